The molecule has 0 aliphatic carbocycles. The lowest BCUT2D eigenvalue weighted by molar-refractivity contribution is -0.149. The molecule has 2 saturated heterocycles. The zero-order valence-electron chi connectivity index (χ0n) is 7.77. The summed E-state index contributed by atoms with van der Waals surface area (Å²) in [5.41, 5.74) is -1.36. The largest absolute Gasteiger partial charge is 0.363 e. The van der Waals surface area contributed by atoms with Crippen LogP contribution in [0.2, 0.25) is 0 Å². The summed E-state index contributed by atoms with van der Waals surface area (Å²) >= 11 is 5.12. The Morgan fingerprint density at radius 3 is 3.00 bits per heavy atom. The first-order chi connectivity index (χ1) is 6.61. The van der Waals surface area contributed by atoms with Gasteiger partial charge in [0.2, 0.25) is 5.72 Å². The van der Waals surface area contributed by atoms with Crippen LogP contribution in [0.5, 0.6) is 0 Å². The summed E-state index contributed by atoms with van der Waals surface area (Å²) in [6.07, 6.45) is 2.89. The number of aliphatic hydroxyl groups is 1. The number of hydrogen-bond acceptors (Lipinski definition) is 3. The van der Waals surface area contributed by atoms with Crippen LogP contribution in [0.25, 0.3) is 0 Å². The molecule has 4 nitrogen and oxygen atoms in total. The molecular formula is C9H12N2O2S. The third-order valence-electron chi connectivity index (χ3n) is 2.71. The van der Waals surface area contributed by atoms with Gasteiger partial charge >= 0.3 is 0 Å². The first-order valence-corrected chi connectivity index (χ1v) is 4.99. The fraction of sp³-hybridized carbons (Fsp3) is 0.556. The van der Waals surface area contributed by atoms with Gasteiger partial charge < -0.3 is 10.0 Å². The smallest absolute Gasteiger partial charge is 0.282 e. The van der Waals surface area contributed by atoms with Crippen LogP contribution in [-0.4, -0.2) is 44.7 Å². The Hall–Kier alpha value is -0.940. The van der Waals surface area contributed by atoms with E-state index in [-0.39, 0.29) is 5.91 Å². The molecule has 2 fully saturated rings. The van der Waals surface area contributed by atoms with Gasteiger partial charge in [-0.3, -0.25) is 9.69 Å². The molecule has 14 heavy (non-hydrogen) atoms. The van der Waals surface area contributed by atoms with Gasteiger partial charge in [0.1, 0.15) is 0 Å². The van der Waals surface area contributed by atoms with Crippen LogP contribution in [0, 0.1) is 0 Å². The molecule has 0 aromatic heterocycles. The van der Waals surface area contributed by atoms with Crippen LogP contribution in [-0.2, 0) is 4.79 Å². The highest BCUT2D eigenvalue weighted by Gasteiger charge is 2.56. The van der Waals surface area contributed by atoms with E-state index < -0.39 is 5.72 Å². The molecule has 0 aromatic rings. The predicted octanol–water partition coefficient (Wildman–Crippen LogP) is 0.0839. The Bertz CT molecular complexity index is 318. The number of nitrogens with zero attached hydrogens (tertiary/aromatic N) is 2. The van der Waals surface area contributed by atoms with E-state index in [1.165, 1.54) is 4.90 Å². The third-order valence-corrected chi connectivity index (χ3v) is 3.16. The van der Waals surface area contributed by atoms with Crippen molar-refractivity contribution in [3.8, 4) is 0 Å². The normalized spacial score (nSPS) is 31.2. The van der Waals surface area contributed by atoms with Gasteiger partial charge in [-0.2, -0.15) is 0 Å². The van der Waals surface area contributed by atoms with E-state index in [9.17, 15) is 9.90 Å². The lowest BCUT2D eigenvalue weighted by atomic mass is 10.1. The van der Waals surface area contributed by atoms with E-state index in [0.29, 0.717) is 24.6 Å². The topological polar surface area (TPSA) is 43.8 Å². The van der Waals surface area contributed by atoms with Crippen molar-refractivity contribution in [2.45, 2.75) is 18.6 Å². The Labute approximate surface area is 87.8 Å². The second-order valence-electron chi connectivity index (χ2n) is 3.56. The van der Waals surface area contributed by atoms with Crippen molar-refractivity contribution < 1.29 is 9.90 Å². The molecule has 0 unspecified atom stereocenters. The summed E-state index contributed by atoms with van der Waals surface area (Å²) in [5, 5.41) is 10.5. The summed E-state index contributed by atoms with van der Waals surface area (Å²) in [4.78, 5) is 14.8. The maximum atomic E-state index is 11.8. The van der Waals surface area contributed by atoms with E-state index in [2.05, 4.69) is 6.58 Å². The van der Waals surface area contributed by atoms with Crippen LogP contribution in [0.3, 0.4) is 0 Å². The Kier molecular flexibility index (Phi) is 2.08. The molecule has 0 aromatic carbocycles. The zero-order chi connectivity index (χ0) is 10.3. The number of rotatable bonds is 2. The predicted molar refractivity (Wildman–Crippen MR) is 55.4 cm³/mol. The molecule has 0 bridgehead atoms. The van der Waals surface area contributed by atoms with Crippen molar-refractivity contribution in [2.24, 2.45) is 0 Å². The SMILES string of the molecule is C=CCN1C(=O)[C@]2(O)CCCN2C1=S. The van der Waals surface area contributed by atoms with Crippen LogP contribution in [0.15, 0.2) is 12.7 Å². The van der Waals surface area contributed by atoms with E-state index in [4.69, 9.17) is 12.2 Å². The fourth-order valence-electron chi connectivity index (χ4n) is 2.02. The molecule has 2 aliphatic heterocycles. The second kappa shape index (κ2) is 3.03. The fourth-order valence-corrected chi connectivity index (χ4v) is 2.42. The standard InChI is InChI=1S/C9H12N2O2S/c1-2-5-10-7(12)9(13)4-3-6-11(9)8(10)14/h2,13H,1,3-6H2/t9-/m1/s1. The van der Waals surface area contributed by atoms with Crippen LogP contribution < -0.4 is 0 Å². The number of hydrogen-bond donors (Lipinski definition) is 1. The van der Waals surface area contributed by atoms with Crippen LogP contribution in [0.4, 0.5) is 0 Å². The Morgan fingerprint density at radius 2 is 2.43 bits per heavy atom. The molecule has 2 aliphatic rings. The molecular weight excluding hydrogens is 200 g/mol. The van der Waals surface area contributed by atoms with Gasteiger partial charge in [-0.1, -0.05) is 6.08 Å². The zero-order valence-corrected chi connectivity index (χ0v) is 8.59. The first-order valence-electron chi connectivity index (χ1n) is 4.58. The Balaban J connectivity index is 2.32. The number of amides is 1. The van der Waals surface area contributed by atoms with Gasteiger partial charge in [0.05, 0.1) is 0 Å². The molecule has 0 saturated carbocycles. The van der Waals surface area contributed by atoms with Gasteiger partial charge in [0.15, 0.2) is 5.11 Å². The monoisotopic (exact) mass is 212 g/mol. The third kappa shape index (κ3) is 1.02. The number of thiocarbonyl (C=S) groups is 1. The highest BCUT2D eigenvalue weighted by atomic mass is 32.1. The average molecular weight is 212 g/mol. The van der Waals surface area contributed by atoms with E-state index in [1.807, 2.05) is 0 Å². The summed E-state index contributed by atoms with van der Waals surface area (Å²) in [7, 11) is 0. The molecule has 1 amide bonds. The van der Waals surface area contributed by atoms with Crippen molar-refractivity contribution >= 4 is 23.2 Å². The van der Waals surface area contributed by atoms with Gasteiger partial charge in [0.25, 0.3) is 5.91 Å². The quantitative estimate of drug-likeness (QED) is 0.520. The lowest BCUT2D eigenvalue weighted by Gasteiger charge is -2.22. The molecule has 5 heteroatoms. The summed E-state index contributed by atoms with van der Waals surface area (Å²) in [6, 6.07) is 0. The highest BCUT2D eigenvalue weighted by molar-refractivity contribution is 7.80. The van der Waals surface area contributed by atoms with Crippen molar-refractivity contribution in [3.63, 3.8) is 0 Å². The van der Waals surface area contributed by atoms with Crippen LogP contribution in [0.1, 0.15) is 12.8 Å². The van der Waals surface area contributed by atoms with Gasteiger partial charge in [0, 0.05) is 19.5 Å². The molecule has 1 N–H and O–H groups in total. The van der Waals surface area contributed by atoms with Gasteiger partial charge in [-0.15, -0.1) is 6.58 Å². The molecule has 0 radical (unpaired) electrons. The maximum Gasteiger partial charge on any atom is 0.282 e. The lowest BCUT2D eigenvalue weighted by Crippen LogP contribution is -2.44. The minimum Gasteiger partial charge on any atom is -0.363 e. The minimum atomic E-state index is -1.36. The maximum absolute atomic E-state index is 11.8. The molecule has 1 atom stereocenters. The molecule has 0 spiro atoms. The van der Waals surface area contributed by atoms with Gasteiger partial charge in [-0.05, 0) is 18.6 Å². The summed E-state index contributed by atoms with van der Waals surface area (Å²) in [5.74, 6) is -0.306. The van der Waals surface area contributed by atoms with Crippen molar-refractivity contribution in [2.75, 3.05) is 13.1 Å². The number of carbonyl (C=O) groups excluding carboxylic acids is 1. The molecule has 2 heterocycles. The van der Waals surface area contributed by atoms with E-state index in [1.54, 1.807) is 11.0 Å². The van der Waals surface area contributed by atoms with Crippen molar-refractivity contribution in [3.05, 3.63) is 12.7 Å². The Morgan fingerprint density at radius 1 is 1.71 bits per heavy atom. The van der Waals surface area contributed by atoms with E-state index in [0.717, 1.165) is 6.42 Å². The first kappa shape index (κ1) is 9.61. The average Bonchev–Trinajstić information content (AvgIpc) is 2.61. The van der Waals surface area contributed by atoms with Crippen molar-refractivity contribution in [1.82, 2.24) is 9.80 Å². The molecule has 76 valence electrons. The number of carbonyl (C=O) groups is 1. The number of fused-ring (bicyclic) bond motifs is 1. The summed E-state index contributed by atoms with van der Waals surface area (Å²) < 4.78 is 0. The minimum absolute atomic E-state index is 0.306. The van der Waals surface area contributed by atoms with Crippen molar-refractivity contribution in [1.29, 1.82) is 0 Å². The van der Waals surface area contributed by atoms with E-state index >= 15 is 0 Å². The summed E-state index contributed by atoms with van der Waals surface area (Å²) in [6.45, 7) is 4.59. The second-order valence-corrected chi connectivity index (χ2v) is 3.92. The van der Waals surface area contributed by atoms with Gasteiger partial charge in [-0.25, -0.2) is 0 Å². The van der Waals surface area contributed by atoms with Crippen LogP contribution >= 0.6 is 12.2 Å². The molecule has 2 rings (SSSR count). The highest BCUT2D eigenvalue weighted by Crippen LogP contribution is 2.35.